The zero-order chi connectivity index (χ0) is 12.6. The van der Waals surface area contributed by atoms with Gasteiger partial charge in [-0.3, -0.25) is 10.1 Å². The first-order valence-corrected chi connectivity index (χ1v) is 2.67. The van der Waals surface area contributed by atoms with Gasteiger partial charge in [-0.2, -0.15) is 0 Å². The zero-order valence-electron chi connectivity index (χ0n) is 8.94. The molecule has 0 aromatic carbocycles. The van der Waals surface area contributed by atoms with Crippen LogP contribution in [0.3, 0.4) is 0 Å². The van der Waals surface area contributed by atoms with Gasteiger partial charge in [-0.25, -0.2) is 0 Å². The van der Waals surface area contributed by atoms with Gasteiger partial charge in [0.25, 0.3) is 0 Å². The molecule has 0 aliphatic heterocycles. The maximum absolute atomic E-state index is 9.05. The number of rotatable bonds is 14. The summed E-state index contributed by atoms with van der Waals surface area (Å²) in [7, 11) is 0. The predicted octanol–water partition coefficient (Wildman–Crippen LogP) is -9.40. The van der Waals surface area contributed by atoms with E-state index >= 15 is 0 Å². The van der Waals surface area contributed by atoms with E-state index in [1.807, 2.05) is 0 Å². The minimum absolute atomic E-state index is 0. The molecule has 19 heteroatoms. The second kappa shape index (κ2) is 24.3. The van der Waals surface area contributed by atoms with Crippen molar-refractivity contribution in [3.63, 3.8) is 0 Å². The van der Waals surface area contributed by atoms with Crippen LogP contribution in [-0.4, -0.2) is 0 Å². The van der Waals surface area contributed by atoms with Crippen molar-refractivity contribution in [2.75, 3.05) is 0 Å². The molecule has 104 valence electrons. The summed E-state index contributed by atoms with van der Waals surface area (Å²) in [6.45, 7) is 0. The molecule has 0 N–H and O–H groups in total. The van der Waals surface area contributed by atoms with E-state index in [0.717, 1.165) is 0 Å². The van der Waals surface area contributed by atoms with Gasteiger partial charge in [0.2, 0.25) is 0 Å². The Labute approximate surface area is 144 Å². The molecule has 0 aromatic heterocycles. The van der Waals surface area contributed by atoms with Gasteiger partial charge in [0.05, 0.1) is 0 Å². The van der Waals surface area contributed by atoms with Crippen LogP contribution in [0, 0.1) is 0 Å². The molecule has 0 spiro atoms. The van der Waals surface area contributed by atoms with Crippen LogP contribution >= 0.6 is 0 Å². The van der Waals surface area contributed by atoms with Crippen molar-refractivity contribution >= 4 is 0 Å². The molecule has 0 saturated carbocycles. The Kier molecular flexibility index (Phi) is 32.4. The van der Waals surface area contributed by atoms with Crippen LogP contribution in [0.2, 0.25) is 0 Å². The first kappa shape index (κ1) is 25.3. The predicted molar refractivity (Wildman–Crippen MR) is 16.3 cm³/mol. The van der Waals surface area contributed by atoms with Crippen molar-refractivity contribution in [2.45, 2.75) is 0 Å². The summed E-state index contributed by atoms with van der Waals surface area (Å²) in [6, 6.07) is 0. The Morgan fingerprint density at radius 3 is 0.632 bits per heavy atom. The molecular weight excluding hydrogens is 318 g/mol. The average Bonchev–Trinajstić information content (AvgIpc) is 2.35. The van der Waals surface area contributed by atoms with Crippen molar-refractivity contribution in [1.82, 2.24) is 0 Å². The van der Waals surface area contributed by atoms with E-state index in [-0.39, 0.29) is 59.1 Å². The molecule has 0 amide bonds. The van der Waals surface area contributed by atoms with Gasteiger partial charge in [0.1, 0.15) is 0 Å². The third kappa shape index (κ3) is 24.7. The molecule has 0 fully saturated rings. The topological polar surface area (TPSA) is 185 Å². The number of hydrogen-bond acceptors (Lipinski definition) is 17. The molecule has 0 aromatic rings. The quantitative estimate of drug-likeness (QED) is 0.127. The maximum atomic E-state index is 9.05. The molecule has 0 radical (unpaired) electrons. The molecule has 0 heterocycles. The Morgan fingerprint density at radius 2 is 0.474 bits per heavy atom. The van der Waals surface area contributed by atoms with Crippen LogP contribution in [0.25, 0.3) is 0 Å². The minimum Gasteiger partial charge on any atom is -0.689 e. The van der Waals surface area contributed by atoms with Crippen LogP contribution in [0.1, 0.15) is 0 Å². The molecule has 19 heavy (non-hydrogen) atoms. The summed E-state index contributed by atoms with van der Waals surface area (Å²) < 4.78 is 0. The van der Waals surface area contributed by atoms with Crippen molar-refractivity contribution in [2.24, 2.45) is 0 Å². The summed E-state index contributed by atoms with van der Waals surface area (Å²) >= 11 is 0. The molecule has 0 bridgehead atoms. The largest absolute Gasteiger partial charge is 1.00 e. The maximum Gasteiger partial charge on any atom is 1.00 e. The molecule has 0 saturated heterocycles. The van der Waals surface area contributed by atoms with E-state index in [0.29, 0.717) is 0 Å². The first-order chi connectivity index (χ1) is 8.41. The standard InChI is InChI=1S/2Na.H2O17/c;;1-3-5-7-9-11-13-15-17-16-14-12-10-8-6-4-2/h;;1-2H/q2*+1;/p-2. The Hall–Kier alpha value is 1.32. The zero-order valence-corrected chi connectivity index (χ0v) is 12.9. The SMILES string of the molecule is [Na+].[Na+].[O-]OOOOOOOOOOOOOOO[O-]. The van der Waals surface area contributed by atoms with Crippen molar-refractivity contribution in [1.29, 1.82) is 0 Å². The molecule has 17 nitrogen and oxygen atoms in total. The van der Waals surface area contributed by atoms with Crippen LogP contribution in [0.4, 0.5) is 0 Å². The monoisotopic (exact) mass is 318 g/mol. The summed E-state index contributed by atoms with van der Waals surface area (Å²) in [5.74, 6) is 0. The minimum atomic E-state index is 0. The van der Waals surface area contributed by atoms with Crippen LogP contribution < -0.4 is 69.6 Å². The summed E-state index contributed by atoms with van der Waals surface area (Å²) in [5, 5.41) is 66.5. The van der Waals surface area contributed by atoms with Crippen LogP contribution in [0.5, 0.6) is 0 Å². The van der Waals surface area contributed by atoms with Crippen molar-refractivity contribution in [3.8, 4) is 0 Å². The molecule has 0 aliphatic carbocycles. The molecule has 0 unspecified atom stereocenters. The van der Waals surface area contributed by atoms with Gasteiger partial charge >= 0.3 is 59.1 Å². The second-order valence-corrected chi connectivity index (χ2v) is 1.02. The molecular formula is Na2O17. The van der Waals surface area contributed by atoms with Crippen LogP contribution in [-0.2, 0) is 75.6 Å². The fourth-order valence-corrected chi connectivity index (χ4v) is 0.147. The van der Waals surface area contributed by atoms with Gasteiger partial charge in [0.15, 0.2) is 0 Å². The summed E-state index contributed by atoms with van der Waals surface area (Å²) in [5.41, 5.74) is 0. The Balaban J connectivity index is -0.00000128. The fraction of sp³-hybridized carbons (Fsp3) is 0. The molecule has 0 atom stereocenters. The third-order valence-corrected chi connectivity index (χ3v) is 0.389. The summed E-state index contributed by atoms with van der Waals surface area (Å²) in [6.07, 6.45) is 0. The second-order valence-electron chi connectivity index (χ2n) is 1.02. The molecule has 0 aliphatic rings. The van der Waals surface area contributed by atoms with Gasteiger partial charge in [-0.1, -0.05) is 0 Å². The third-order valence-electron chi connectivity index (χ3n) is 0.389. The normalized spacial score (nSPS) is 9.79. The van der Waals surface area contributed by atoms with Gasteiger partial charge < -0.3 is 10.5 Å². The van der Waals surface area contributed by atoms with Gasteiger partial charge in [-0.15, -0.1) is 0 Å². The van der Waals surface area contributed by atoms with Gasteiger partial charge in [-0.05, 0) is 65.5 Å². The first-order valence-electron chi connectivity index (χ1n) is 2.67. The molecule has 0 rings (SSSR count). The Morgan fingerprint density at radius 1 is 0.316 bits per heavy atom. The average molecular weight is 318 g/mol. The van der Waals surface area contributed by atoms with Gasteiger partial charge in [0, 0.05) is 0 Å². The van der Waals surface area contributed by atoms with E-state index in [4.69, 9.17) is 10.5 Å². The Bertz CT molecular complexity index is 112. The number of hydrogen-bond donors (Lipinski definition) is 0. The fourth-order valence-electron chi connectivity index (χ4n) is 0.147. The van der Waals surface area contributed by atoms with E-state index in [9.17, 15) is 0 Å². The summed E-state index contributed by atoms with van der Waals surface area (Å²) in [4.78, 5) is 0. The van der Waals surface area contributed by atoms with Crippen molar-refractivity contribution < 1.29 is 145 Å². The van der Waals surface area contributed by atoms with Crippen LogP contribution in [0.15, 0.2) is 0 Å². The van der Waals surface area contributed by atoms with Crippen molar-refractivity contribution in [3.05, 3.63) is 0 Å². The van der Waals surface area contributed by atoms with E-state index in [1.54, 1.807) is 0 Å². The smallest absolute Gasteiger partial charge is 0.689 e. The van der Waals surface area contributed by atoms with E-state index in [2.05, 4.69) is 75.6 Å². The van der Waals surface area contributed by atoms with E-state index in [1.165, 1.54) is 0 Å². The van der Waals surface area contributed by atoms with E-state index < -0.39 is 0 Å².